The molecule has 1 aliphatic rings. The number of nitrogens with zero attached hydrogens (tertiary/aromatic N) is 2. The Morgan fingerprint density at radius 2 is 2.00 bits per heavy atom. The van der Waals surface area contributed by atoms with E-state index in [0.717, 1.165) is 12.8 Å². The zero-order valence-electron chi connectivity index (χ0n) is 12.0. The van der Waals surface area contributed by atoms with Crippen LogP contribution in [0.5, 0.6) is 0 Å². The number of urea groups is 1. The fraction of sp³-hybridized carbons (Fsp3) is 0.467. The fourth-order valence-electron chi connectivity index (χ4n) is 2.24. The number of hydrogen-bond acceptors (Lipinski definition) is 2. The van der Waals surface area contributed by atoms with Crippen molar-refractivity contribution in [1.29, 1.82) is 0 Å². The van der Waals surface area contributed by atoms with E-state index in [0.29, 0.717) is 12.5 Å². The molecule has 6 heteroatoms. The Labute approximate surface area is 123 Å². The summed E-state index contributed by atoms with van der Waals surface area (Å²) in [5.41, 5.74) is 0.177. The molecule has 1 aromatic rings. The second-order valence-electron chi connectivity index (χ2n) is 5.20. The predicted octanol–water partition coefficient (Wildman–Crippen LogP) is 2.57. The first-order valence-corrected chi connectivity index (χ1v) is 7.05. The van der Waals surface area contributed by atoms with Crippen molar-refractivity contribution in [3.05, 3.63) is 30.1 Å². The van der Waals surface area contributed by atoms with Crippen LogP contribution in [0.15, 0.2) is 24.3 Å². The highest BCUT2D eigenvalue weighted by atomic mass is 19.1. The molecule has 0 saturated heterocycles. The van der Waals surface area contributed by atoms with Crippen LogP contribution in [0.4, 0.5) is 14.9 Å². The van der Waals surface area contributed by atoms with Crippen LogP contribution >= 0.6 is 0 Å². The first-order valence-electron chi connectivity index (χ1n) is 7.05. The van der Waals surface area contributed by atoms with Crippen molar-refractivity contribution in [2.45, 2.75) is 19.8 Å². The fourth-order valence-corrected chi connectivity index (χ4v) is 2.24. The van der Waals surface area contributed by atoms with E-state index in [2.05, 4.69) is 0 Å². The van der Waals surface area contributed by atoms with Crippen molar-refractivity contribution in [3.8, 4) is 0 Å². The van der Waals surface area contributed by atoms with Crippen LogP contribution < -0.4 is 4.90 Å². The van der Waals surface area contributed by atoms with E-state index in [9.17, 15) is 14.0 Å². The van der Waals surface area contributed by atoms with Gasteiger partial charge in [-0.2, -0.15) is 0 Å². The molecule has 2 amide bonds. The average Bonchev–Trinajstić information content (AvgIpc) is 3.24. The minimum absolute atomic E-state index is 0.177. The van der Waals surface area contributed by atoms with Gasteiger partial charge in [0.15, 0.2) is 0 Å². The third-order valence-corrected chi connectivity index (χ3v) is 3.46. The maximum atomic E-state index is 13.9. The van der Waals surface area contributed by atoms with Crippen LogP contribution in [-0.2, 0) is 4.79 Å². The third-order valence-electron chi connectivity index (χ3n) is 3.46. The molecule has 21 heavy (non-hydrogen) atoms. The van der Waals surface area contributed by atoms with Crippen LogP contribution in [0.25, 0.3) is 0 Å². The molecule has 0 unspecified atom stereocenters. The van der Waals surface area contributed by atoms with Crippen molar-refractivity contribution in [1.82, 2.24) is 4.90 Å². The second kappa shape index (κ2) is 6.56. The van der Waals surface area contributed by atoms with E-state index < -0.39 is 17.8 Å². The molecular formula is C15H19FN2O3. The number of rotatable bonds is 6. The summed E-state index contributed by atoms with van der Waals surface area (Å²) in [5, 5.41) is 8.96. The molecule has 0 bridgehead atoms. The van der Waals surface area contributed by atoms with Gasteiger partial charge in [0.1, 0.15) is 12.4 Å². The van der Waals surface area contributed by atoms with Gasteiger partial charge in [0.25, 0.3) is 0 Å². The van der Waals surface area contributed by atoms with Gasteiger partial charge in [-0.1, -0.05) is 12.1 Å². The Balaban J connectivity index is 2.19. The third kappa shape index (κ3) is 3.93. The lowest BCUT2D eigenvalue weighted by atomic mass is 10.2. The number of aliphatic carboxylic acids is 1. The maximum Gasteiger partial charge on any atom is 0.325 e. The number of carbonyl (C=O) groups is 2. The molecule has 0 spiro atoms. The van der Waals surface area contributed by atoms with Gasteiger partial charge in [-0.05, 0) is 37.8 Å². The highest BCUT2D eigenvalue weighted by Gasteiger charge is 2.31. The Morgan fingerprint density at radius 3 is 2.52 bits per heavy atom. The summed E-state index contributed by atoms with van der Waals surface area (Å²) < 4.78 is 13.9. The molecule has 1 aliphatic carbocycles. The molecule has 0 aliphatic heterocycles. The molecule has 0 aromatic heterocycles. The molecule has 0 atom stereocenters. The van der Waals surface area contributed by atoms with Gasteiger partial charge >= 0.3 is 12.0 Å². The van der Waals surface area contributed by atoms with Gasteiger partial charge < -0.3 is 10.0 Å². The number of para-hydroxylation sites is 1. The first kappa shape index (κ1) is 15.3. The Hall–Kier alpha value is -2.11. The molecule has 0 radical (unpaired) electrons. The van der Waals surface area contributed by atoms with Gasteiger partial charge in [-0.3, -0.25) is 9.69 Å². The summed E-state index contributed by atoms with van der Waals surface area (Å²) in [6.07, 6.45) is 2.02. The number of anilines is 1. The van der Waals surface area contributed by atoms with E-state index in [1.165, 1.54) is 21.9 Å². The number of amides is 2. The minimum atomic E-state index is -1.06. The van der Waals surface area contributed by atoms with Crippen molar-refractivity contribution < 1.29 is 19.1 Å². The molecular weight excluding hydrogens is 275 g/mol. The van der Waals surface area contributed by atoms with E-state index in [-0.39, 0.29) is 18.8 Å². The SMILES string of the molecule is CCN(C(=O)N(CC(=O)O)CC1CC1)c1ccccc1F. The highest BCUT2D eigenvalue weighted by Crippen LogP contribution is 2.30. The van der Waals surface area contributed by atoms with E-state index in [1.807, 2.05) is 0 Å². The molecule has 1 aromatic carbocycles. The van der Waals surface area contributed by atoms with Crippen molar-refractivity contribution in [3.63, 3.8) is 0 Å². The van der Waals surface area contributed by atoms with Crippen LogP contribution in [0.2, 0.25) is 0 Å². The van der Waals surface area contributed by atoms with Gasteiger partial charge in [-0.25, -0.2) is 9.18 Å². The van der Waals surface area contributed by atoms with Crippen molar-refractivity contribution in [2.24, 2.45) is 5.92 Å². The average molecular weight is 294 g/mol. The summed E-state index contributed by atoms with van der Waals surface area (Å²) in [4.78, 5) is 26.1. The van der Waals surface area contributed by atoms with E-state index >= 15 is 0 Å². The van der Waals surface area contributed by atoms with E-state index in [1.54, 1.807) is 19.1 Å². The molecule has 5 nitrogen and oxygen atoms in total. The lowest BCUT2D eigenvalue weighted by molar-refractivity contribution is -0.137. The monoisotopic (exact) mass is 294 g/mol. The Bertz CT molecular complexity index is 531. The molecule has 1 saturated carbocycles. The van der Waals surface area contributed by atoms with E-state index in [4.69, 9.17) is 5.11 Å². The van der Waals surface area contributed by atoms with Crippen LogP contribution in [0.1, 0.15) is 19.8 Å². The summed E-state index contributed by atoms with van der Waals surface area (Å²) in [5.74, 6) is -1.18. The summed E-state index contributed by atoms with van der Waals surface area (Å²) in [6, 6.07) is 5.55. The lowest BCUT2D eigenvalue weighted by Crippen LogP contribution is -2.46. The number of benzene rings is 1. The highest BCUT2D eigenvalue weighted by molar-refractivity contribution is 5.93. The summed E-state index contributed by atoms with van der Waals surface area (Å²) in [7, 11) is 0. The summed E-state index contributed by atoms with van der Waals surface area (Å²) >= 11 is 0. The number of carboxylic acid groups (broad SMARTS) is 1. The van der Waals surface area contributed by atoms with Gasteiger partial charge in [0, 0.05) is 13.1 Å². The minimum Gasteiger partial charge on any atom is -0.480 e. The Morgan fingerprint density at radius 1 is 1.33 bits per heavy atom. The zero-order chi connectivity index (χ0) is 15.4. The molecule has 114 valence electrons. The number of carboxylic acids is 1. The normalized spacial score (nSPS) is 13.8. The van der Waals surface area contributed by atoms with Crippen LogP contribution in [-0.4, -0.2) is 41.6 Å². The number of halogens is 1. The van der Waals surface area contributed by atoms with Crippen molar-refractivity contribution in [2.75, 3.05) is 24.5 Å². The van der Waals surface area contributed by atoms with Gasteiger partial charge in [-0.15, -0.1) is 0 Å². The number of hydrogen-bond donors (Lipinski definition) is 1. The van der Waals surface area contributed by atoms with Crippen LogP contribution in [0, 0.1) is 11.7 Å². The summed E-state index contributed by atoms with van der Waals surface area (Å²) in [6.45, 7) is 2.07. The Kier molecular flexibility index (Phi) is 4.77. The van der Waals surface area contributed by atoms with Crippen molar-refractivity contribution >= 4 is 17.7 Å². The predicted molar refractivity (Wildman–Crippen MR) is 76.7 cm³/mol. The number of carbonyl (C=O) groups excluding carboxylic acids is 1. The molecule has 1 N–H and O–H groups in total. The topological polar surface area (TPSA) is 60.9 Å². The zero-order valence-corrected chi connectivity index (χ0v) is 12.0. The largest absolute Gasteiger partial charge is 0.480 e. The van der Waals surface area contributed by atoms with Gasteiger partial charge in [0.2, 0.25) is 0 Å². The maximum absolute atomic E-state index is 13.9. The quantitative estimate of drug-likeness (QED) is 0.877. The van der Waals surface area contributed by atoms with Crippen LogP contribution in [0.3, 0.4) is 0 Å². The first-order chi connectivity index (χ1) is 10.0. The molecule has 2 rings (SSSR count). The standard InChI is InChI=1S/C15H19FN2O3/c1-2-18(13-6-4-3-5-12(13)16)15(21)17(10-14(19)20)9-11-7-8-11/h3-6,11H,2,7-10H2,1H3,(H,19,20). The van der Waals surface area contributed by atoms with Gasteiger partial charge in [0.05, 0.1) is 5.69 Å². The molecule has 1 fully saturated rings. The molecule has 0 heterocycles. The lowest BCUT2D eigenvalue weighted by Gasteiger charge is -2.29. The smallest absolute Gasteiger partial charge is 0.325 e. The second-order valence-corrected chi connectivity index (χ2v) is 5.20.